The number of hydrogen-bond donors (Lipinski definition) is 2. The van der Waals surface area contributed by atoms with E-state index >= 15 is 0 Å². The molecule has 0 spiro atoms. The Labute approximate surface area is 122 Å². The first-order chi connectivity index (χ1) is 9.63. The van der Waals surface area contributed by atoms with Gasteiger partial charge in [0, 0.05) is 17.9 Å². The molecule has 0 bridgehead atoms. The van der Waals surface area contributed by atoms with Gasteiger partial charge in [0.15, 0.2) is 0 Å². The van der Waals surface area contributed by atoms with Crippen molar-refractivity contribution >= 4 is 23.6 Å². The SMILES string of the molecule is CCOC(=O)CCCNC(=O)CSc1ccccc1O. The largest absolute Gasteiger partial charge is 0.507 e. The lowest BCUT2D eigenvalue weighted by atomic mass is 10.3. The molecule has 1 aromatic carbocycles. The van der Waals surface area contributed by atoms with Crippen LogP contribution in [0, 0.1) is 0 Å². The van der Waals surface area contributed by atoms with Gasteiger partial charge >= 0.3 is 5.97 Å². The van der Waals surface area contributed by atoms with Crippen LogP contribution in [0.5, 0.6) is 5.75 Å². The van der Waals surface area contributed by atoms with Crippen molar-refractivity contribution < 1.29 is 19.4 Å². The van der Waals surface area contributed by atoms with Gasteiger partial charge in [0.1, 0.15) is 5.75 Å². The van der Waals surface area contributed by atoms with Crippen molar-refractivity contribution in [1.29, 1.82) is 0 Å². The number of phenolic OH excluding ortho intramolecular Hbond substituents is 1. The third-order valence-electron chi connectivity index (χ3n) is 2.41. The molecule has 0 atom stereocenters. The quantitative estimate of drug-likeness (QED) is 0.436. The number of carbonyl (C=O) groups is 2. The van der Waals surface area contributed by atoms with Gasteiger partial charge in [-0.3, -0.25) is 9.59 Å². The summed E-state index contributed by atoms with van der Waals surface area (Å²) in [4.78, 5) is 23.3. The molecule has 0 saturated heterocycles. The van der Waals surface area contributed by atoms with Crippen LogP contribution in [0.25, 0.3) is 0 Å². The lowest BCUT2D eigenvalue weighted by molar-refractivity contribution is -0.143. The first kappa shape index (κ1) is 16.4. The molecular formula is C14H19NO4S. The van der Waals surface area contributed by atoms with E-state index in [9.17, 15) is 14.7 Å². The molecule has 6 heteroatoms. The van der Waals surface area contributed by atoms with E-state index in [1.165, 1.54) is 11.8 Å². The highest BCUT2D eigenvalue weighted by molar-refractivity contribution is 8.00. The number of thioether (sulfide) groups is 1. The van der Waals surface area contributed by atoms with Gasteiger partial charge in [-0.25, -0.2) is 0 Å². The van der Waals surface area contributed by atoms with Crippen LogP contribution < -0.4 is 5.32 Å². The van der Waals surface area contributed by atoms with Crippen molar-refractivity contribution in [2.24, 2.45) is 0 Å². The monoisotopic (exact) mass is 297 g/mol. The fourth-order valence-corrected chi connectivity index (χ4v) is 2.25. The minimum Gasteiger partial charge on any atom is -0.507 e. The van der Waals surface area contributed by atoms with Crippen molar-refractivity contribution in [3.8, 4) is 5.75 Å². The molecule has 1 amide bonds. The Balaban J connectivity index is 2.15. The van der Waals surface area contributed by atoms with E-state index in [1.54, 1.807) is 31.2 Å². The summed E-state index contributed by atoms with van der Waals surface area (Å²) in [5.41, 5.74) is 0. The number of aromatic hydroxyl groups is 1. The third-order valence-corrected chi connectivity index (χ3v) is 3.47. The number of rotatable bonds is 8. The van der Waals surface area contributed by atoms with E-state index in [2.05, 4.69) is 5.32 Å². The van der Waals surface area contributed by atoms with Crippen molar-refractivity contribution in [2.45, 2.75) is 24.7 Å². The summed E-state index contributed by atoms with van der Waals surface area (Å²) < 4.78 is 4.78. The van der Waals surface area contributed by atoms with Crippen molar-refractivity contribution in [1.82, 2.24) is 5.32 Å². The zero-order chi connectivity index (χ0) is 14.8. The predicted molar refractivity (Wildman–Crippen MR) is 77.7 cm³/mol. The maximum Gasteiger partial charge on any atom is 0.305 e. The highest BCUT2D eigenvalue weighted by Gasteiger charge is 2.06. The molecule has 2 N–H and O–H groups in total. The Bertz CT molecular complexity index is 451. The maximum absolute atomic E-state index is 11.6. The van der Waals surface area contributed by atoms with E-state index in [4.69, 9.17) is 4.74 Å². The second kappa shape index (κ2) is 9.25. The molecule has 20 heavy (non-hydrogen) atoms. The minimum absolute atomic E-state index is 0.123. The number of para-hydroxylation sites is 1. The molecule has 0 aliphatic heterocycles. The highest BCUT2D eigenvalue weighted by atomic mass is 32.2. The van der Waals surface area contributed by atoms with Gasteiger partial charge in [-0.1, -0.05) is 12.1 Å². The summed E-state index contributed by atoms with van der Waals surface area (Å²) in [5.74, 6) is 0.0387. The standard InChI is InChI=1S/C14H19NO4S/c1-2-19-14(18)8-5-9-15-13(17)10-20-12-7-4-3-6-11(12)16/h3-4,6-7,16H,2,5,8-10H2,1H3,(H,15,17). The third kappa shape index (κ3) is 6.47. The molecule has 0 saturated carbocycles. The minimum atomic E-state index is -0.245. The van der Waals surface area contributed by atoms with Crippen molar-refractivity contribution in [2.75, 3.05) is 18.9 Å². The van der Waals surface area contributed by atoms with E-state index in [0.717, 1.165) is 0 Å². The van der Waals surface area contributed by atoms with Crippen LogP contribution in [-0.2, 0) is 14.3 Å². The van der Waals surface area contributed by atoms with Gasteiger partial charge in [0.05, 0.1) is 12.4 Å². The first-order valence-electron chi connectivity index (χ1n) is 6.46. The second-order valence-electron chi connectivity index (χ2n) is 4.01. The summed E-state index contributed by atoms with van der Waals surface area (Å²) in [7, 11) is 0. The molecule has 0 aliphatic rings. The first-order valence-corrected chi connectivity index (χ1v) is 7.45. The van der Waals surface area contributed by atoms with Crippen LogP contribution >= 0.6 is 11.8 Å². The van der Waals surface area contributed by atoms with Crippen molar-refractivity contribution in [3.63, 3.8) is 0 Å². The molecule has 1 rings (SSSR count). The number of amides is 1. The average Bonchev–Trinajstić information content (AvgIpc) is 2.43. The van der Waals surface area contributed by atoms with Gasteiger partial charge in [0.2, 0.25) is 5.91 Å². The zero-order valence-corrected chi connectivity index (χ0v) is 12.2. The van der Waals surface area contributed by atoms with Gasteiger partial charge in [0.25, 0.3) is 0 Å². The number of phenols is 1. The van der Waals surface area contributed by atoms with Crippen LogP contribution in [0.2, 0.25) is 0 Å². The number of esters is 1. The summed E-state index contributed by atoms with van der Waals surface area (Å²) in [5, 5.41) is 12.3. The van der Waals surface area contributed by atoms with E-state index in [-0.39, 0.29) is 23.4 Å². The number of carbonyl (C=O) groups excluding carboxylic acids is 2. The van der Waals surface area contributed by atoms with E-state index in [0.29, 0.717) is 30.9 Å². The Hall–Kier alpha value is -1.69. The summed E-state index contributed by atoms with van der Waals surface area (Å²) in [6.45, 7) is 2.58. The summed E-state index contributed by atoms with van der Waals surface area (Å²) >= 11 is 1.27. The Morgan fingerprint density at radius 2 is 2.10 bits per heavy atom. The van der Waals surface area contributed by atoms with Crippen molar-refractivity contribution in [3.05, 3.63) is 24.3 Å². The molecule has 0 unspecified atom stereocenters. The van der Waals surface area contributed by atoms with Gasteiger partial charge in [-0.05, 0) is 25.5 Å². The maximum atomic E-state index is 11.6. The number of nitrogens with one attached hydrogen (secondary N) is 1. The fourth-order valence-electron chi connectivity index (χ4n) is 1.47. The Morgan fingerprint density at radius 1 is 1.35 bits per heavy atom. The van der Waals surface area contributed by atoms with Crippen LogP contribution in [-0.4, -0.2) is 35.9 Å². The van der Waals surface area contributed by atoms with Crippen LogP contribution in [0.4, 0.5) is 0 Å². The molecule has 5 nitrogen and oxygen atoms in total. The predicted octanol–water partition coefficient (Wildman–Crippen LogP) is 1.94. The van der Waals surface area contributed by atoms with Gasteiger partial charge < -0.3 is 15.2 Å². The number of benzene rings is 1. The average molecular weight is 297 g/mol. The zero-order valence-electron chi connectivity index (χ0n) is 11.4. The molecule has 0 fully saturated rings. The van der Waals surface area contributed by atoms with E-state index in [1.807, 2.05) is 0 Å². The highest BCUT2D eigenvalue weighted by Crippen LogP contribution is 2.27. The number of hydrogen-bond acceptors (Lipinski definition) is 5. The number of ether oxygens (including phenoxy) is 1. The Kier molecular flexibility index (Phi) is 7.57. The molecule has 1 aromatic rings. The molecular weight excluding hydrogens is 278 g/mol. The summed E-state index contributed by atoms with van der Waals surface area (Å²) in [6.07, 6.45) is 0.868. The topological polar surface area (TPSA) is 75.6 Å². The molecule has 0 aliphatic carbocycles. The van der Waals surface area contributed by atoms with E-state index < -0.39 is 0 Å². The lowest BCUT2D eigenvalue weighted by Crippen LogP contribution is -2.26. The molecule has 0 radical (unpaired) electrons. The molecule has 110 valence electrons. The molecule has 0 heterocycles. The molecule has 0 aromatic heterocycles. The van der Waals surface area contributed by atoms with Crippen LogP contribution in [0.3, 0.4) is 0 Å². The van der Waals surface area contributed by atoms with Crippen LogP contribution in [0.15, 0.2) is 29.2 Å². The van der Waals surface area contributed by atoms with Gasteiger partial charge in [-0.15, -0.1) is 11.8 Å². The van der Waals surface area contributed by atoms with Gasteiger partial charge in [-0.2, -0.15) is 0 Å². The Morgan fingerprint density at radius 3 is 2.80 bits per heavy atom. The summed E-state index contributed by atoms with van der Waals surface area (Å²) in [6, 6.07) is 6.88. The normalized spacial score (nSPS) is 10.1. The fraction of sp³-hybridized carbons (Fsp3) is 0.429. The second-order valence-corrected chi connectivity index (χ2v) is 5.03. The lowest BCUT2D eigenvalue weighted by Gasteiger charge is -2.06. The smallest absolute Gasteiger partial charge is 0.305 e. The van der Waals surface area contributed by atoms with Crippen LogP contribution in [0.1, 0.15) is 19.8 Å².